The van der Waals surface area contributed by atoms with Crippen LogP contribution in [0.15, 0.2) is 34.6 Å². The van der Waals surface area contributed by atoms with Crippen LogP contribution in [-0.4, -0.2) is 44.7 Å². The summed E-state index contributed by atoms with van der Waals surface area (Å²) in [4.78, 5) is 35.4. The summed E-state index contributed by atoms with van der Waals surface area (Å²) in [6.45, 7) is 0.157. The molecule has 1 N–H and O–H groups in total. The molecule has 0 unspecified atom stereocenters. The van der Waals surface area contributed by atoms with Gasteiger partial charge in [0.05, 0.1) is 15.4 Å². The molecule has 2 aromatic rings. The Morgan fingerprint density at radius 1 is 1.33 bits per heavy atom. The van der Waals surface area contributed by atoms with Crippen molar-refractivity contribution in [2.45, 2.75) is 42.2 Å². The molecular weight excluding hydrogens is 410 g/mol. The minimum atomic E-state index is -0.791. The lowest BCUT2D eigenvalue weighted by Gasteiger charge is -2.21. The van der Waals surface area contributed by atoms with Crippen LogP contribution in [0.4, 0.5) is 5.69 Å². The Balaban J connectivity index is 1.57. The Labute approximate surface area is 177 Å². The maximum absolute atomic E-state index is 12.3. The fourth-order valence-corrected chi connectivity index (χ4v) is 4.10. The number of rotatable bonds is 8. The molecule has 160 valence electrons. The predicted octanol–water partition coefficient (Wildman–Crippen LogP) is 2.73. The maximum Gasteiger partial charge on any atom is 0.338 e. The van der Waals surface area contributed by atoms with Gasteiger partial charge in [0.2, 0.25) is 0 Å². The van der Waals surface area contributed by atoms with E-state index in [1.54, 1.807) is 11.6 Å². The lowest BCUT2D eigenvalue weighted by atomic mass is 9.89. The molecule has 1 aliphatic rings. The zero-order valence-electron chi connectivity index (χ0n) is 16.6. The summed E-state index contributed by atoms with van der Waals surface area (Å²) in [6, 6.07) is 4.02. The molecule has 1 aromatic carbocycles. The topological polar surface area (TPSA) is 129 Å². The van der Waals surface area contributed by atoms with Gasteiger partial charge in [-0.25, -0.2) is 4.79 Å². The van der Waals surface area contributed by atoms with E-state index in [-0.39, 0.29) is 17.2 Å². The quantitative estimate of drug-likeness (QED) is 0.382. The summed E-state index contributed by atoms with van der Waals surface area (Å²) in [7, 11) is 1.72. The zero-order chi connectivity index (χ0) is 21.5. The first-order chi connectivity index (χ1) is 14.4. The number of carbonyl (C=O) groups is 2. The highest BCUT2D eigenvalue weighted by Crippen LogP contribution is 2.34. The fraction of sp³-hybridized carbons (Fsp3) is 0.474. The number of hydrogen-bond acceptors (Lipinski definition) is 8. The van der Waals surface area contributed by atoms with Gasteiger partial charge in [-0.1, -0.05) is 19.3 Å². The van der Waals surface area contributed by atoms with Crippen molar-refractivity contribution in [2.24, 2.45) is 13.0 Å². The first-order valence-electron chi connectivity index (χ1n) is 9.68. The van der Waals surface area contributed by atoms with Gasteiger partial charge in [0, 0.05) is 19.7 Å². The molecule has 1 amide bonds. The van der Waals surface area contributed by atoms with E-state index < -0.39 is 17.5 Å². The predicted molar refractivity (Wildman–Crippen MR) is 108 cm³/mol. The zero-order valence-corrected chi connectivity index (χ0v) is 17.4. The highest BCUT2D eigenvalue weighted by Gasteiger charge is 2.21. The van der Waals surface area contributed by atoms with Gasteiger partial charge in [0.1, 0.15) is 6.33 Å². The van der Waals surface area contributed by atoms with Crippen LogP contribution in [0.1, 0.15) is 42.5 Å². The number of nitrogens with zero attached hydrogens (tertiary/aromatic N) is 4. The summed E-state index contributed by atoms with van der Waals surface area (Å²) in [5.41, 5.74) is -0.247. The second kappa shape index (κ2) is 10.2. The van der Waals surface area contributed by atoms with Crippen LogP contribution >= 0.6 is 11.8 Å². The third kappa shape index (κ3) is 5.78. The molecule has 3 rings (SSSR count). The van der Waals surface area contributed by atoms with E-state index in [4.69, 9.17) is 4.74 Å². The Morgan fingerprint density at radius 3 is 2.77 bits per heavy atom. The molecular formula is C19H23N5O5S. The standard InChI is InChI=1S/C19H23N5O5S/c1-23-12-21-22-19(23)30-16-8-7-14(9-15(16)24(27)28)18(26)29-11-17(25)20-10-13-5-3-2-4-6-13/h7-9,12-13H,2-6,10-11H2,1H3,(H,20,25). The molecule has 1 saturated carbocycles. The van der Waals surface area contributed by atoms with E-state index in [0.717, 1.165) is 30.7 Å². The molecule has 1 heterocycles. The highest BCUT2D eigenvalue weighted by molar-refractivity contribution is 7.99. The van der Waals surface area contributed by atoms with E-state index in [2.05, 4.69) is 15.5 Å². The summed E-state index contributed by atoms with van der Waals surface area (Å²) in [5.74, 6) is -0.695. The van der Waals surface area contributed by atoms with E-state index >= 15 is 0 Å². The van der Waals surface area contributed by atoms with Gasteiger partial charge in [-0.2, -0.15) is 0 Å². The summed E-state index contributed by atoms with van der Waals surface area (Å²) < 4.78 is 6.65. The summed E-state index contributed by atoms with van der Waals surface area (Å²) in [5, 5.41) is 22.3. The van der Waals surface area contributed by atoms with E-state index in [0.29, 0.717) is 22.5 Å². The molecule has 30 heavy (non-hydrogen) atoms. The first kappa shape index (κ1) is 21.8. The monoisotopic (exact) mass is 433 g/mol. The fourth-order valence-electron chi connectivity index (χ4n) is 3.25. The van der Waals surface area contributed by atoms with Gasteiger partial charge in [0.15, 0.2) is 11.8 Å². The van der Waals surface area contributed by atoms with Crippen molar-refractivity contribution < 1.29 is 19.2 Å². The van der Waals surface area contributed by atoms with Crippen LogP contribution in [0.2, 0.25) is 0 Å². The van der Waals surface area contributed by atoms with Crippen LogP contribution in [0.25, 0.3) is 0 Å². The van der Waals surface area contributed by atoms with Gasteiger partial charge < -0.3 is 14.6 Å². The maximum atomic E-state index is 12.3. The third-order valence-corrected chi connectivity index (χ3v) is 6.03. The number of hydrogen-bond donors (Lipinski definition) is 1. The van der Waals surface area contributed by atoms with Gasteiger partial charge in [-0.05, 0) is 42.7 Å². The highest BCUT2D eigenvalue weighted by atomic mass is 32.2. The van der Waals surface area contributed by atoms with Gasteiger partial charge in [0.25, 0.3) is 11.6 Å². The Kier molecular flexibility index (Phi) is 7.39. The minimum Gasteiger partial charge on any atom is -0.452 e. The average molecular weight is 433 g/mol. The number of benzene rings is 1. The molecule has 1 aliphatic carbocycles. The minimum absolute atomic E-state index is 0.00379. The molecule has 0 bridgehead atoms. The normalized spacial score (nSPS) is 14.3. The van der Waals surface area contributed by atoms with Crippen LogP contribution in [0.5, 0.6) is 0 Å². The molecule has 0 atom stereocenters. The molecule has 11 heteroatoms. The number of nitro benzene ring substituents is 1. The van der Waals surface area contributed by atoms with Gasteiger partial charge in [-0.3, -0.25) is 14.9 Å². The molecule has 0 radical (unpaired) electrons. The van der Waals surface area contributed by atoms with Crippen LogP contribution in [0, 0.1) is 16.0 Å². The van der Waals surface area contributed by atoms with Crippen LogP contribution < -0.4 is 5.32 Å². The average Bonchev–Trinajstić information content (AvgIpc) is 3.15. The number of ether oxygens (including phenoxy) is 1. The number of esters is 1. The second-order valence-electron chi connectivity index (χ2n) is 7.15. The molecule has 1 aromatic heterocycles. The van der Waals surface area contributed by atoms with Crippen molar-refractivity contribution in [2.75, 3.05) is 13.2 Å². The number of nitro groups is 1. The SMILES string of the molecule is Cn1cnnc1Sc1ccc(C(=O)OCC(=O)NCC2CCCCC2)cc1[N+](=O)[O-]. The van der Waals surface area contributed by atoms with E-state index in [1.165, 1.54) is 37.7 Å². The number of amides is 1. The third-order valence-electron chi connectivity index (χ3n) is 4.91. The smallest absolute Gasteiger partial charge is 0.338 e. The number of nitrogens with one attached hydrogen (secondary N) is 1. The van der Waals surface area contributed by atoms with E-state index in [9.17, 15) is 19.7 Å². The Hall–Kier alpha value is -2.95. The van der Waals surface area contributed by atoms with Gasteiger partial charge >= 0.3 is 5.97 Å². The lowest BCUT2D eigenvalue weighted by Crippen LogP contribution is -2.33. The number of carbonyl (C=O) groups excluding carboxylic acids is 2. The van der Waals surface area contributed by atoms with Crippen molar-refractivity contribution in [1.82, 2.24) is 20.1 Å². The van der Waals surface area contributed by atoms with E-state index in [1.807, 2.05) is 0 Å². The molecule has 1 fully saturated rings. The van der Waals surface area contributed by atoms with Crippen molar-refractivity contribution in [1.29, 1.82) is 0 Å². The van der Waals surface area contributed by atoms with Crippen molar-refractivity contribution >= 4 is 29.3 Å². The molecule has 0 spiro atoms. The van der Waals surface area contributed by atoms with Crippen molar-refractivity contribution in [3.05, 3.63) is 40.2 Å². The summed E-state index contributed by atoms with van der Waals surface area (Å²) >= 11 is 1.07. The number of aryl methyl sites for hydroxylation is 1. The van der Waals surface area contributed by atoms with Crippen LogP contribution in [-0.2, 0) is 16.6 Å². The summed E-state index contributed by atoms with van der Waals surface area (Å²) in [6.07, 6.45) is 7.28. The number of aromatic nitrogens is 3. The largest absolute Gasteiger partial charge is 0.452 e. The first-order valence-corrected chi connectivity index (χ1v) is 10.5. The van der Waals surface area contributed by atoms with Crippen molar-refractivity contribution in [3.63, 3.8) is 0 Å². The Morgan fingerprint density at radius 2 is 2.10 bits per heavy atom. The molecule has 0 saturated heterocycles. The van der Waals surface area contributed by atoms with Gasteiger partial charge in [-0.15, -0.1) is 10.2 Å². The van der Waals surface area contributed by atoms with Crippen molar-refractivity contribution in [3.8, 4) is 0 Å². The van der Waals surface area contributed by atoms with Crippen LogP contribution in [0.3, 0.4) is 0 Å². The second-order valence-corrected chi connectivity index (χ2v) is 8.16. The Bertz CT molecular complexity index is 926. The lowest BCUT2D eigenvalue weighted by molar-refractivity contribution is -0.387. The molecule has 0 aliphatic heterocycles. The molecule has 10 nitrogen and oxygen atoms in total.